The fourth-order valence-electron chi connectivity index (χ4n) is 1.89. The maximum absolute atomic E-state index is 11.5. The van der Waals surface area contributed by atoms with Gasteiger partial charge < -0.3 is 9.64 Å². The number of carbonyl (C=O) groups is 2. The van der Waals surface area contributed by atoms with Gasteiger partial charge in [0.1, 0.15) is 0 Å². The number of ether oxygens (including phenoxy) is 1. The average Bonchev–Trinajstić information content (AvgIpc) is 3.08. The molecule has 0 bridgehead atoms. The second kappa shape index (κ2) is 5.49. The Morgan fingerprint density at radius 1 is 1.41 bits per heavy atom. The predicted octanol–water partition coefficient (Wildman–Crippen LogP) is 0.991. The second-order valence-corrected chi connectivity index (χ2v) is 5.01. The highest BCUT2D eigenvalue weighted by Crippen LogP contribution is 2.28. The van der Waals surface area contributed by atoms with Crippen molar-refractivity contribution in [2.45, 2.75) is 26.2 Å². The monoisotopic (exact) mass is 240 g/mol. The number of hydrogen-bond donors (Lipinski definition) is 1. The van der Waals surface area contributed by atoms with Gasteiger partial charge in [0.25, 0.3) is 0 Å². The first-order chi connectivity index (χ1) is 8.16. The number of rotatable bonds is 6. The lowest BCUT2D eigenvalue weighted by Crippen LogP contribution is -2.53. The van der Waals surface area contributed by atoms with Gasteiger partial charge in [0.15, 0.2) is 0 Å². The van der Waals surface area contributed by atoms with E-state index in [1.807, 2.05) is 6.92 Å². The zero-order chi connectivity index (χ0) is 12.3. The molecule has 1 aliphatic heterocycles. The van der Waals surface area contributed by atoms with E-state index in [2.05, 4.69) is 5.32 Å². The van der Waals surface area contributed by atoms with Gasteiger partial charge >= 0.3 is 6.03 Å². The molecule has 2 fully saturated rings. The van der Waals surface area contributed by atoms with Crippen molar-refractivity contribution in [3.05, 3.63) is 0 Å². The number of imide groups is 1. The second-order valence-electron chi connectivity index (χ2n) is 5.01. The fraction of sp³-hybridized carbons (Fsp3) is 0.833. The highest BCUT2D eigenvalue weighted by Gasteiger charge is 2.28. The molecule has 17 heavy (non-hydrogen) atoms. The van der Waals surface area contributed by atoms with Crippen molar-refractivity contribution in [3.63, 3.8) is 0 Å². The summed E-state index contributed by atoms with van der Waals surface area (Å²) in [6, 6.07) is -0.268. The Kier molecular flexibility index (Phi) is 3.99. The first kappa shape index (κ1) is 12.4. The van der Waals surface area contributed by atoms with Crippen molar-refractivity contribution in [1.82, 2.24) is 10.2 Å². The molecule has 1 heterocycles. The number of hydrogen-bond acceptors (Lipinski definition) is 3. The molecule has 1 unspecified atom stereocenters. The van der Waals surface area contributed by atoms with Crippen LogP contribution >= 0.6 is 0 Å². The Morgan fingerprint density at radius 2 is 2.18 bits per heavy atom. The first-order valence-electron chi connectivity index (χ1n) is 6.34. The molecule has 96 valence electrons. The molecule has 0 radical (unpaired) electrons. The predicted molar refractivity (Wildman–Crippen MR) is 62.4 cm³/mol. The molecule has 0 aromatic carbocycles. The Morgan fingerprint density at radius 3 is 2.88 bits per heavy atom. The molecule has 0 spiro atoms. The number of nitrogens with zero attached hydrogens (tertiary/aromatic N) is 1. The van der Waals surface area contributed by atoms with Gasteiger partial charge in [-0.3, -0.25) is 10.1 Å². The van der Waals surface area contributed by atoms with Crippen LogP contribution < -0.4 is 5.32 Å². The van der Waals surface area contributed by atoms with Gasteiger partial charge in [0.05, 0.1) is 5.92 Å². The Bertz CT molecular complexity index is 302. The van der Waals surface area contributed by atoms with Gasteiger partial charge in [-0.15, -0.1) is 0 Å². The van der Waals surface area contributed by atoms with Gasteiger partial charge in [-0.05, 0) is 25.2 Å². The Hall–Kier alpha value is -1.10. The highest BCUT2D eigenvalue weighted by molar-refractivity contribution is 5.97. The smallest absolute Gasteiger partial charge is 0.324 e. The minimum absolute atomic E-state index is 0.111. The van der Waals surface area contributed by atoms with Crippen LogP contribution in [0.1, 0.15) is 26.2 Å². The fourth-order valence-corrected chi connectivity index (χ4v) is 1.89. The van der Waals surface area contributed by atoms with E-state index < -0.39 is 0 Å². The average molecular weight is 240 g/mol. The highest BCUT2D eigenvalue weighted by atomic mass is 16.5. The third kappa shape index (κ3) is 3.70. The zero-order valence-electron chi connectivity index (χ0n) is 10.3. The topological polar surface area (TPSA) is 58.6 Å². The molecule has 1 atom stereocenters. The third-order valence-electron chi connectivity index (χ3n) is 3.23. The van der Waals surface area contributed by atoms with Crippen LogP contribution in [0.5, 0.6) is 0 Å². The summed E-state index contributed by atoms with van der Waals surface area (Å²) in [6.45, 7) is 4.57. The minimum atomic E-state index is -0.268. The standard InChI is InChI=1S/C12H20N2O3/c1-9-7-14(12(16)13-11(9)15)5-2-6-17-8-10-3-4-10/h9-10H,2-8H2,1H3,(H,13,15,16). The molecule has 2 rings (SSSR count). The largest absolute Gasteiger partial charge is 0.381 e. The van der Waals surface area contributed by atoms with Gasteiger partial charge in [-0.25, -0.2) is 4.79 Å². The first-order valence-corrected chi connectivity index (χ1v) is 6.34. The quantitative estimate of drug-likeness (QED) is 0.704. The van der Waals surface area contributed by atoms with Gasteiger partial charge in [-0.1, -0.05) is 6.92 Å². The van der Waals surface area contributed by atoms with Crippen LogP contribution in [0.2, 0.25) is 0 Å². The minimum Gasteiger partial charge on any atom is -0.381 e. The molecule has 2 aliphatic rings. The van der Waals surface area contributed by atoms with Crippen molar-refractivity contribution < 1.29 is 14.3 Å². The molecule has 5 nitrogen and oxygen atoms in total. The van der Waals surface area contributed by atoms with Crippen LogP contribution in [0.4, 0.5) is 4.79 Å². The summed E-state index contributed by atoms with van der Waals surface area (Å²) in [6.07, 6.45) is 3.43. The van der Waals surface area contributed by atoms with Crippen LogP contribution in [0.15, 0.2) is 0 Å². The molecule has 0 aromatic heterocycles. The summed E-state index contributed by atoms with van der Waals surface area (Å²) in [5.74, 6) is 0.502. The molecule has 1 saturated heterocycles. The lowest BCUT2D eigenvalue weighted by Gasteiger charge is -2.30. The third-order valence-corrected chi connectivity index (χ3v) is 3.23. The maximum Gasteiger partial charge on any atom is 0.324 e. The van der Waals surface area contributed by atoms with Crippen LogP contribution in [0, 0.1) is 11.8 Å². The van der Waals surface area contributed by atoms with Gasteiger partial charge in [-0.2, -0.15) is 0 Å². The molecule has 1 saturated carbocycles. The number of urea groups is 1. The lowest BCUT2D eigenvalue weighted by atomic mass is 10.1. The molecular weight excluding hydrogens is 220 g/mol. The number of carbonyl (C=O) groups excluding carboxylic acids is 2. The summed E-state index contributed by atoms with van der Waals surface area (Å²) in [5, 5.41) is 2.36. The summed E-state index contributed by atoms with van der Waals surface area (Å²) in [5.41, 5.74) is 0. The SMILES string of the molecule is CC1CN(CCCOCC2CC2)C(=O)NC1=O. The van der Waals surface area contributed by atoms with Crippen molar-refractivity contribution in [3.8, 4) is 0 Å². The Balaban J connectivity index is 1.60. The van der Waals surface area contributed by atoms with E-state index in [1.165, 1.54) is 12.8 Å². The van der Waals surface area contributed by atoms with E-state index in [-0.39, 0.29) is 17.9 Å². The van der Waals surface area contributed by atoms with Crippen molar-refractivity contribution in [1.29, 1.82) is 0 Å². The number of amides is 3. The summed E-state index contributed by atoms with van der Waals surface area (Å²) in [4.78, 5) is 24.4. The van der Waals surface area contributed by atoms with Crippen LogP contribution in [-0.2, 0) is 9.53 Å². The molecule has 5 heteroatoms. The van der Waals surface area contributed by atoms with E-state index in [0.717, 1.165) is 18.9 Å². The zero-order valence-corrected chi connectivity index (χ0v) is 10.3. The van der Waals surface area contributed by atoms with E-state index >= 15 is 0 Å². The normalized spacial score (nSPS) is 25.0. The van der Waals surface area contributed by atoms with Crippen molar-refractivity contribution >= 4 is 11.9 Å². The number of nitrogens with one attached hydrogen (secondary N) is 1. The van der Waals surface area contributed by atoms with Crippen LogP contribution in [0.25, 0.3) is 0 Å². The summed E-state index contributed by atoms with van der Waals surface area (Å²) in [7, 11) is 0. The summed E-state index contributed by atoms with van der Waals surface area (Å²) < 4.78 is 5.51. The van der Waals surface area contributed by atoms with E-state index in [9.17, 15) is 9.59 Å². The maximum atomic E-state index is 11.5. The molecule has 3 amide bonds. The van der Waals surface area contributed by atoms with E-state index in [4.69, 9.17) is 4.74 Å². The van der Waals surface area contributed by atoms with Crippen LogP contribution in [-0.4, -0.2) is 43.1 Å². The summed E-state index contributed by atoms with van der Waals surface area (Å²) >= 11 is 0. The molecular formula is C12H20N2O3. The lowest BCUT2D eigenvalue weighted by molar-refractivity contribution is -0.125. The molecule has 1 aliphatic carbocycles. The van der Waals surface area contributed by atoms with Crippen molar-refractivity contribution in [2.24, 2.45) is 11.8 Å². The van der Waals surface area contributed by atoms with Gasteiger partial charge in [0.2, 0.25) is 5.91 Å². The van der Waals surface area contributed by atoms with Gasteiger partial charge in [0, 0.05) is 26.3 Å². The Labute approximate surface area is 101 Å². The molecule has 1 N–H and O–H groups in total. The van der Waals surface area contributed by atoms with Crippen LogP contribution in [0.3, 0.4) is 0 Å². The van der Waals surface area contributed by atoms with E-state index in [1.54, 1.807) is 4.90 Å². The molecule has 0 aromatic rings. The van der Waals surface area contributed by atoms with Crippen molar-refractivity contribution in [2.75, 3.05) is 26.3 Å². The van der Waals surface area contributed by atoms with E-state index in [0.29, 0.717) is 19.7 Å².